The molecule has 0 saturated heterocycles. The van der Waals surface area contributed by atoms with Gasteiger partial charge in [-0.15, -0.1) is 10.2 Å². The second-order valence-corrected chi connectivity index (χ2v) is 10.2. The molecule has 10 nitrogen and oxygen atoms in total. The Labute approximate surface area is 176 Å². The molecule has 1 aromatic heterocycles. The predicted molar refractivity (Wildman–Crippen MR) is 114 cm³/mol. The van der Waals surface area contributed by atoms with E-state index in [1.165, 1.54) is 35.6 Å². The number of carbonyl (C=O) groups is 1. The van der Waals surface area contributed by atoms with Crippen LogP contribution in [0.3, 0.4) is 0 Å². The summed E-state index contributed by atoms with van der Waals surface area (Å²) >= 11 is 2.85. The van der Waals surface area contributed by atoms with Crippen LogP contribution in [-0.2, 0) is 14.8 Å². The van der Waals surface area contributed by atoms with Crippen molar-refractivity contribution >= 4 is 55.5 Å². The zero-order valence-corrected chi connectivity index (χ0v) is 18.3. The summed E-state index contributed by atoms with van der Waals surface area (Å²) in [4.78, 5) is 22.5. The number of thioether (sulfide) groups is 1. The standard InChI is InChI=1S/C16H21N5O5S3/c1-3-10-27-16-19-18-15(28-16)17-14(22)8-5-9-20(29(2,25)26)12-6-4-7-13(11-12)21(23)24/h4,6-7,11H,3,5,8-10H2,1-2H3,(H,17,18,22). The molecular formula is C16H21N5O5S3. The van der Waals surface area contributed by atoms with Crippen LogP contribution in [0.4, 0.5) is 16.5 Å². The maximum Gasteiger partial charge on any atom is 0.271 e. The van der Waals surface area contributed by atoms with E-state index in [1.807, 2.05) is 0 Å². The molecule has 1 aromatic carbocycles. The molecular weight excluding hydrogens is 438 g/mol. The average Bonchev–Trinajstić information content (AvgIpc) is 3.09. The van der Waals surface area contributed by atoms with Crippen molar-refractivity contribution in [1.29, 1.82) is 0 Å². The van der Waals surface area contributed by atoms with Crippen molar-refractivity contribution < 1.29 is 18.1 Å². The van der Waals surface area contributed by atoms with Gasteiger partial charge in [0.25, 0.3) is 5.69 Å². The molecule has 0 saturated carbocycles. The Morgan fingerprint density at radius 3 is 2.79 bits per heavy atom. The van der Waals surface area contributed by atoms with Crippen molar-refractivity contribution in [3.8, 4) is 0 Å². The fraction of sp³-hybridized carbons (Fsp3) is 0.438. The van der Waals surface area contributed by atoms with Crippen LogP contribution in [0.2, 0.25) is 0 Å². The molecule has 0 aliphatic carbocycles. The Morgan fingerprint density at radius 2 is 2.14 bits per heavy atom. The molecule has 158 valence electrons. The summed E-state index contributed by atoms with van der Waals surface area (Å²) in [5, 5.41) is 21.9. The van der Waals surface area contributed by atoms with Crippen LogP contribution in [0.5, 0.6) is 0 Å². The van der Waals surface area contributed by atoms with Gasteiger partial charge in [-0.05, 0) is 18.9 Å². The lowest BCUT2D eigenvalue weighted by Gasteiger charge is -2.22. The van der Waals surface area contributed by atoms with Crippen molar-refractivity contribution in [1.82, 2.24) is 10.2 Å². The highest BCUT2D eigenvalue weighted by atomic mass is 32.2. The predicted octanol–water partition coefficient (Wildman–Crippen LogP) is 3.13. The number of amides is 1. The van der Waals surface area contributed by atoms with Crippen LogP contribution in [0.25, 0.3) is 0 Å². The van der Waals surface area contributed by atoms with Crippen LogP contribution >= 0.6 is 23.1 Å². The zero-order valence-electron chi connectivity index (χ0n) is 15.9. The summed E-state index contributed by atoms with van der Waals surface area (Å²) < 4.78 is 26.0. The van der Waals surface area contributed by atoms with Gasteiger partial charge in [0.05, 0.1) is 16.9 Å². The number of sulfonamides is 1. The number of carbonyl (C=O) groups excluding carboxylic acids is 1. The van der Waals surface area contributed by atoms with Gasteiger partial charge in [-0.2, -0.15) is 0 Å². The first kappa shape index (κ1) is 23.0. The van der Waals surface area contributed by atoms with E-state index in [1.54, 1.807) is 11.8 Å². The van der Waals surface area contributed by atoms with Crippen molar-refractivity contribution in [2.75, 3.05) is 28.2 Å². The first-order valence-electron chi connectivity index (χ1n) is 8.69. The minimum atomic E-state index is -3.67. The number of non-ortho nitro benzene ring substituents is 1. The van der Waals surface area contributed by atoms with E-state index in [2.05, 4.69) is 22.4 Å². The summed E-state index contributed by atoms with van der Waals surface area (Å²) in [6, 6.07) is 5.37. The van der Waals surface area contributed by atoms with Gasteiger partial charge in [-0.3, -0.25) is 19.2 Å². The Balaban J connectivity index is 1.95. The summed E-state index contributed by atoms with van der Waals surface area (Å²) in [5.41, 5.74) is -0.0225. The number of hydrogen-bond acceptors (Lipinski definition) is 9. The fourth-order valence-corrected chi connectivity index (χ4v) is 4.97. The molecule has 0 spiro atoms. The number of nitro benzene ring substituents is 1. The van der Waals surface area contributed by atoms with E-state index >= 15 is 0 Å². The third kappa shape index (κ3) is 7.25. The highest BCUT2D eigenvalue weighted by Crippen LogP contribution is 2.26. The number of rotatable bonds is 11. The lowest BCUT2D eigenvalue weighted by molar-refractivity contribution is -0.384. The van der Waals surface area contributed by atoms with Crippen LogP contribution in [0, 0.1) is 10.1 Å². The molecule has 13 heteroatoms. The first-order valence-corrected chi connectivity index (χ1v) is 12.3. The number of aromatic nitrogens is 2. The van der Waals surface area contributed by atoms with Crippen LogP contribution in [0.1, 0.15) is 26.2 Å². The van der Waals surface area contributed by atoms with Crippen LogP contribution < -0.4 is 9.62 Å². The largest absolute Gasteiger partial charge is 0.301 e. The van der Waals surface area contributed by atoms with Gasteiger partial charge in [-0.1, -0.05) is 36.1 Å². The number of anilines is 2. The van der Waals surface area contributed by atoms with Crippen molar-refractivity contribution in [3.05, 3.63) is 34.4 Å². The van der Waals surface area contributed by atoms with E-state index < -0.39 is 14.9 Å². The Hall–Kier alpha value is -2.25. The van der Waals surface area contributed by atoms with Crippen LogP contribution in [0.15, 0.2) is 28.6 Å². The Morgan fingerprint density at radius 1 is 1.38 bits per heavy atom. The van der Waals surface area contributed by atoms with E-state index in [-0.39, 0.29) is 36.7 Å². The van der Waals surface area contributed by atoms with Gasteiger partial charge in [0.2, 0.25) is 21.1 Å². The summed E-state index contributed by atoms with van der Waals surface area (Å²) in [6.07, 6.45) is 2.33. The molecule has 1 amide bonds. The molecule has 0 aliphatic heterocycles. The third-order valence-corrected chi connectivity index (χ3v) is 6.95. The van der Waals surface area contributed by atoms with Crippen LogP contribution in [-0.4, -0.2) is 48.0 Å². The van der Waals surface area contributed by atoms with Gasteiger partial charge in [-0.25, -0.2) is 8.42 Å². The third-order valence-electron chi connectivity index (χ3n) is 3.58. The number of benzene rings is 1. The second-order valence-electron chi connectivity index (χ2n) is 5.99. The summed E-state index contributed by atoms with van der Waals surface area (Å²) in [6.45, 7) is 2.07. The lowest BCUT2D eigenvalue weighted by atomic mass is 10.2. The van der Waals surface area contributed by atoms with Gasteiger partial charge >= 0.3 is 0 Å². The zero-order chi connectivity index (χ0) is 21.4. The molecule has 0 bridgehead atoms. The fourth-order valence-electron chi connectivity index (χ4n) is 2.32. The summed E-state index contributed by atoms with van der Waals surface area (Å²) in [7, 11) is -3.67. The maximum atomic E-state index is 12.1. The van der Waals surface area contributed by atoms with Gasteiger partial charge in [0.1, 0.15) is 0 Å². The van der Waals surface area contributed by atoms with Crippen molar-refractivity contribution in [3.63, 3.8) is 0 Å². The average molecular weight is 460 g/mol. The molecule has 0 atom stereocenters. The topological polar surface area (TPSA) is 135 Å². The van der Waals surface area contributed by atoms with E-state index in [9.17, 15) is 23.3 Å². The molecule has 0 fully saturated rings. The molecule has 2 rings (SSSR count). The number of nitrogens with one attached hydrogen (secondary N) is 1. The molecule has 0 radical (unpaired) electrons. The number of nitro groups is 1. The van der Waals surface area contributed by atoms with Gasteiger partial charge in [0.15, 0.2) is 4.34 Å². The normalized spacial score (nSPS) is 11.2. The quantitative estimate of drug-likeness (QED) is 0.234. The summed E-state index contributed by atoms with van der Waals surface area (Å²) in [5.74, 6) is 0.613. The smallest absolute Gasteiger partial charge is 0.271 e. The monoisotopic (exact) mass is 459 g/mol. The SMILES string of the molecule is CCCSc1nnc(NC(=O)CCCN(c2cccc([N+](=O)[O-])c2)S(C)(=O)=O)s1. The number of nitrogens with zero attached hydrogens (tertiary/aromatic N) is 4. The highest BCUT2D eigenvalue weighted by Gasteiger charge is 2.20. The van der Waals surface area contributed by atoms with E-state index in [4.69, 9.17) is 0 Å². The van der Waals surface area contributed by atoms with Gasteiger partial charge < -0.3 is 5.32 Å². The Kier molecular flexibility index (Phi) is 8.34. The molecule has 1 N–H and O–H groups in total. The van der Waals surface area contributed by atoms with E-state index in [0.29, 0.717) is 5.13 Å². The molecule has 29 heavy (non-hydrogen) atoms. The van der Waals surface area contributed by atoms with Crippen molar-refractivity contribution in [2.45, 2.75) is 30.5 Å². The minimum absolute atomic E-state index is 0.0150. The van der Waals surface area contributed by atoms with E-state index in [0.717, 1.165) is 27.1 Å². The minimum Gasteiger partial charge on any atom is -0.301 e. The maximum absolute atomic E-state index is 12.1. The number of hydrogen-bond donors (Lipinski definition) is 1. The second kappa shape index (κ2) is 10.5. The molecule has 0 unspecified atom stereocenters. The lowest BCUT2D eigenvalue weighted by Crippen LogP contribution is -2.31. The first-order chi connectivity index (χ1) is 13.7. The Bertz CT molecular complexity index is 963. The molecule has 1 heterocycles. The highest BCUT2D eigenvalue weighted by molar-refractivity contribution is 8.01. The molecule has 0 aliphatic rings. The molecule has 2 aromatic rings. The van der Waals surface area contributed by atoms with Gasteiger partial charge in [0, 0.05) is 30.9 Å². The van der Waals surface area contributed by atoms with Crippen molar-refractivity contribution in [2.24, 2.45) is 0 Å².